The highest BCUT2D eigenvalue weighted by Crippen LogP contribution is 2.26. The van der Waals surface area contributed by atoms with Crippen LogP contribution in [0.3, 0.4) is 0 Å². The summed E-state index contributed by atoms with van der Waals surface area (Å²) in [4.78, 5) is 14.5. The lowest BCUT2D eigenvalue weighted by atomic mass is 9.96. The van der Waals surface area contributed by atoms with Crippen LogP contribution in [0.5, 0.6) is 0 Å². The molecule has 6 heteroatoms. The van der Waals surface area contributed by atoms with Crippen molar-refractivity contribution in [3.8, 4) is 0 Å². The highest BCUT2D eigenvalue weighted by atomic mass is 79.9. The van der Waals surface area contributed by atoms with Crippen LogP contribution in [0.15, 0.2) is 15.5 Å². The van der Waals surface area contributed by atoms with Crippen molar-refractivity contribution in [3.05, 3.63) is 21.0 Å². The van der Waals surface area contributed by atoms with Gasteiger partial charge in [0.05, 0.1) is 11.9 Å². The van der Waals surface area contributed by atoms with E-state index >= 15 is 0 Å². The lowest BCUT2D eigenvalue weighted by Gasteiger charge is -2.36. The third-order valence-corrected chi connectivity index (χ3v) is 4.28. The second-order valence-corrected chi connectivity index (χ2v) is 7.02. The lowest BCUT2D eigenvalue weighted by molar-refractivity contribution is 0.399. The summed E-state index contributed by atoms with van der Waals surface area (Å²) in [5.74, 6) is 0.921. The Morgan fingerprint density at radius 3 is 2.80 bits per heavy atom. The van der Waals surface area contributed by atoms with E-state index in [2.05, 4.69) is 46.7 Å². The zero-order chi connectivity index (χ0) is 14.9. The number of nitrogens with two attached hydrogens (primary N) is 1. The Balaban J connectivity index is 2.29. The fourth-order valence-electron chi connectivity index (χ4n) is 2.75. The van der Waals surface area contributed by atoms with E-state index in [0.29, 0.717) is 22.9 Å². The topological polar surface area (TPSA) is 64.2 Å². The van der Waals surface area contributed by atoms with E-state index in [0.717, 1.165) is 25.2 Å². The molecule has 1 aliphatic heterocycles. The Hall–Kier alpha value is -0.880. The van der Waals surface area contributed by atoms with Crippen LogP contribution in [0.25, 0.3) is 0 Å². The van der Waals surface area contributed by atoms with Crippen molar-refractivity contribution >= 4 is 21.6 Å². The summed E-state index contributed by atoms with van der Waals surface area (Å²) < 4.78 is 2.11. The summed E-state index contributed by atoms with van der Waals surface area (Å²) in [6, 6.07) is 0.156. The normalized spacial score (nSPS) is 23.4. The average molecular weight is 343 g/mol. The van der Waals surface area contributed by atoms with Gasteiger partial charge in [0.1, 0.15) is 4.47 Å². The third-order valence-electron chi connectivity index (χ3n) is 3.54. The maximum absolute atomic E-state index is 12.3. The second-order valence-electron chi connectivity index (χ2n) is 6.23. The van der Waals surface area contributed by atoms with Gasteiger partial charge in [0.25, 0.3) is 5.56 Å². The molecular weight excluding hydrogens is 320 g/mol. The van der Waals surface area contributed by atoms with Crippen LogP contribution in [0, 0.1) is 11.8 Å². The molecule has 1 fully saturated rings. The van der Waals surface area contributed by atoms with Crippen LogP contribution < -0.4 is 16.2 Å². The minimum atomic E-state index is -0.0667. The third kappa shape index (κ3) is 3.41. The molecule has 0 bridgehead atoms. The molecule has 2 rings (SSSR count). The van der Waals surface area contributed by atoms with E-state index in [1.165, 1.54) is 4.68 Å². The molecule has 20 heavy (non-hydrogen) atoms. The quantitative estimate of drug-likeness (QED) is 0.910. The molecule has 2 N–H and O–H groups in total. The molecule has 1 aliphatic rings. The maximum Gasteiger partial charge on any atom is 0.283 e. The number of nitrogens with zero attached hydrogens (tertiary/aromatic N) is 3. The van der Waals surface area contributed by atoms with Crippen LogP contribution in [-0.4, -0.2) is 28.9 Å². The van der Waals surface area contributed by atoms with E-state index in [1.807, 2.05) is 0 Å². The molecule has 0 radical (unpaired) electrons. The molecule has 1 saturated heterocycles. The predicted molar refractivity (Wildman–Crippen MR) is 85.0 cm³/mol. The zero-order valence-electron chi connectivity index (χ0n) is 12.3. The van der Waals surface area contributed by atoms with E-state index in [9.17, 15) is 4.79 Å². The van der Waals surface area contributed by atoms with Crippen molar-refractivity contribution < 1.29 is 0 Å². The van der Waals surface area contributed by atoms with Crippen molar-refractivity contribution in [2.75, 3.05) is 18.0 Å². The van der Waals surface area contributed by atoms with Gasteiger partial charge in [-0.1, -0.05) is 20.8 Å². The molecule has 2 atom stereocenters. The van der Waals surface area contributed by atoms with E-state index < -0.39 is 0 Å². The first-order valence-corrected chi connectivity index (χ1v) is 7.94. The molecular formula is C14H23BrN4O. The fourth-order valence-corrected chi connectivity index (χ4v) is 3.31. The summed E-state index contributed by atoms with van der Waals surface area (Å²) in [7, 11) is 0. The van der Waals surface area contributed by atoms with Gasteiger partial charge in [-0.25, -0.2) is 4.68 Å². The Labute approximate surface area is 128 Å². The smallest absolute Gasteiger partial charge is 0.283 e. The Bertz CT molecular complexity index is 518. The van der Waals surface area contributed by atoms with Crippen molar-refractivity contribution in [1.29, 1.82) is 0 Å². The maximum atomic E-state index is 12.3. The Kier molecular flexibility index (Phi) is 4.86. The van der Waals surface area contributed by atoms with Crippen LogP contribution >= 0.6 is 15.9 Å². The van der Waals surface area contributed by atoms with E-state index in [-0.39, 0.29) is 11.6 Å². The lowest BCUT2D eigenvalue weighted by Crippen LogP contribution is -2.47. The number of hydrogen-bond donors (Lipinski definition) is 1. The van der Waals surface area contributed by atoms with E-state index in [1.54, 1.807) is 6.20 Å². The van der Waals surface area contributed by atoms with E-state index in [4.69, 9.17) is 5.73 Å². The highest BCUT2D eigenvalue weighted by Gasteiger charge is 2.25. The Morgan fingerprint density at radius 1 is 1.50 bits per heavy atom. The number of hydrogen-bond acceptors (Lipinski definition) is 4. The number of anilines is 1. The molecule has 112 valence electrons. The monoisotopic (exact) mass is 342 g/mol. The predicted octanol–water partition coefficient (Wildman–Crippen LogP) is 1.84. The van der Waals surface area contributed by atoms with Gasteiger partial charge < -0.3 is 10.6 Å². The van der Waals surface area contributed by atoms with Crippen molar-refractivity contribution in [2.45, 2.75) is 39.8 Å². The molecule has 1 aromatic rings. The van der Waals surface area contributed by atoms with Crippen molar-refractivity contribution in [3.63, 3.8) is 0 Å². The largest absolute Gasteiger partial charge is 0.367 e. The highest BCUT2D eigenvalue weighted by molar-refractivity contribution is 9.10. The van der Waals surface area contributed by atoms with Crippen molar-refractivity contribution in [2.24, 2.45) is 17.6 Å². The average Bonchev–Trinajstić information content (AvgIpc) is 2.33. The molecule has 0 aliphatic carbocycles. The first-order chi connectivity index (χ1) is 9.38. The Morgan fingerprint density at radius 2 is 2.20 bits per heavy atom. The van der Waals surface area contributed by atoms with Crippen molar-refractivity contribution in [1.82, 2.24) is 9.78 Å². The second kappa shape index (κ2) is 6.26. The molecule has 0 amide bonds. The van der Waals surface area contributed by atoms with Gasteiger partial charge in [-0.15, -0.1) is 0 Å². The summed E-state index contributed by atoms with van der Waals surface area (Å²) >= 11 is 3.44. The first kappa shape index (κ1) is 15.5. The van der Waals surface area contributed by atoms with Crippen LogP contribution in [0.2, 0.25) is 0 Å². The van der Waals surface area contributed by atoms with Gasteiger partial charge in [-0.05, 0) is 34.2 Å². The van der Waals surface area contributed by atoms with Crippen LogP contribution in [0.1, 0.15) is 27.2 Å². The molecule has 5 nitrogen and oxygen atoms in total. The van der Waals surface area contributed by atoms with Gasteiger partial charge in [-0.3, -0.25) is 4.79 Å². The number of halogens is 1. The standard InChI is InChI=1S/C14H23BrN4O/c1-9(2)6-19-14(20)13(15)12(5-17-19)18-7-10(3)4-11(16)8-18/h5,9-11H,4,6-8,16H2,1-3H3. The molecule has 1 aromatic heterocycles. The molecule has 2 heterocycles. The number of rotatable bonds is 3. The molecule has 0 saturated carbocycles. The molecule has 0 aromatic carbocycles. The van der Waals surface area contributed by atoms with Gasteiger partial charge >= 0.3 is 0 Å². The van der Waals surface area contributed by atoms with Crippen LogP contribution in [-0.2, 0) is 6.54 Å². The number of aromatic nitrogens is 2. The summed E-state index contributed by atoms with van der Waals surface area (Å²) in [6.07, 6.45) is 2.81. The van der Waals surface area contributed by atoms with Crippen LogP contribution in [0.4, 0.5) is 5.69 Å². The fraction of sp³-hybridized carbons (Fsp3) is 0.714. The first-order valence-electron chi connectivity index (χ1n) is 7.14. The minimum absolute atomic E-state index is 0.0667. The molecule has 2 unspecified atom stereocenters. The summed E-state index contributed by atoms with van der Waals surface area (Å²) in [5.41, 5.74) is 6.87. The van der Waals surface area contributed by atoms with Gasteiger partial charge in [-0.2, -0.15) is 5.10 Å². The number of piperidine rings is 1. The summed E-state index contributed by atoms with van der Waals surface area (Å²) in [5, 5.41) is 4.30. The summed E-state index contributed by atoms with van der Waals surface area (Å²) in [6.45, 7) is 8.66. The molecule has 0 spiro atoms. The SMILES string of the molecule is CC(C)Cn1ncc(N2CC(C)CC(N)C2)c(Br)c1=O. The van der Waals surface area contributed by atoms with Gasteiger partial charge in [0.15, 0.2) is 0 Å². The van der Waals surface area contributed by atoms with Gasteiger partial charge in [0.2, 0.25) is 0 Å². The zero-order valence-corrected chi connectivity index (χ0v) is 13.9. The minimum Gasteiger partial charge on any atom is -0.367 e. The van der Waals surface area contributed by atoms with Gasteiger partial charge in [0, 0.05) is 25.7 Å².